The Morgan fingerprint density at radius 1 is 1.29 bits per heavy atom. The Hall–Kier alpha value is -1.88. The van der Waals surface area contributed by atoms with Crippen molar-refractivity contribution in [1.29, 1.82) is 0 Å². The molecule has 0 aromatic carbocycles. The highest BCUT2D eigenvalue weighted by atomic mass is 79.9. The van der Waals surface area contributed by atoms with Gasteiger partial charge in [-0.25, -0.2) is 0 Å². The second-order valence-corrected chi connectivity index (χ2v) is 6.21. The van der Waals surface area contributed by atoms with Crippen molar-refractivity contribution in [2.75, 3.05) is 4.90 Å². The average molecular weight is 344 g/mol. The van der Waals surface area contributed by atoms with Crippen LogP contribution >= 0.6 is 15.9 Å². The van der Waals surface area contributed by atoms with E-state index >= 15 is 0 Å². The van der Waals surface area contributed by atoms with Crippen LogP contribution in [0.5, 0.6) is 0 Å². The van der Waals surface area contributed by atoms with Crippen LogP contribution in [0.25, 0.3) is 11.0 Å². The molecule has 0 N–H and O–H groups in total. The maximum atomic E-state index is 5.51. The van der Waals surface area contributed by atoms with Crippen molar-refractivity contribution in [3.63, 3.8) is 0 Å². The van der Waals surface area contributed by atoms with Crippen LogP contribution in [0.1, 0.15) is 18.6 Å². The third kappa shape index (κ3) is 2.53. The molecule has 0 saturated heterocycles. The number of halogens is 1. The van der Waals surface area contributed by atoms with Crippen molar-refractivity contribution in [2.45, 2.75) is 25.4 Å². The number of furan rings is 1. The molecule has 3 aromatic heterocycles. The zero-order valence-electron chi connectivity index (χ0n) is 11.4. The van der Waals surface area contributed by atoms with E-state index < -0.39 is 0 Å². The standard InChI is InChI=1S/C16H14BrN3O/c17-11-8-14-16(19-9-11)15(5-6-18-14)20(12-3-4-12)10-13-2-1-7-21-13/h1-2,5-9,12H,3-4,10H2. The molecule has 3 aromatic rings. The van der Waals surface area contributed by atoms with Gasteiger partial charge in [0.05, 0.1) is 24.0 Å². The van der Waals surface area contributed by atoms with Gasteiger partial charge in [0, 0.05) is 22.9 Å². The van der Waals surface area contributed by atoms with Gasteiger partial charge in [0.25, 0.3) is 0 Å². The smallest absolute Gasteiger partial charge is 0.123 e. The van der Waals surface area contributed by atoms with Crippen molar-refractivity contribution in [3.8, 4) is 0 Å². The molecule has 5 heteroatoms. The summed E-state index contributed by atoms with van der Waals surface area (Å²) in [7, 11) is 0. The van der Waals surface area contributed by atoms with Crippen molar-refractivity contribution in [2.24, 2.45) is 0 Å². The molecule has 0 atom stereocenters. The summed E-state index contributed by atoms with van der Waals surface area (Å²) in [6.45, 7) is 0.772. The SMILES string of the molecule is Brc1cnc2c(N(Cc3ccco3)C3CC3)ccnc2c1. The molecule has 3 heterocycles. The summed E-state index contributed by atoms with van der Waals surface area (Å²) in [5.41, 5.74) is 2.98. The topological polar surface area (TPSA) is 42.2 Å². The number of fused-ring (bicyclic) bond motifs is 1. The molecule has 0 aliphatic heterocycles. The molecule has 106 valence electrons. The molecular weight excluding hydrogens is 330 g/mol. The summed E-state index contributed by atoms with van der Waals surface area (Å²) in [4.78, 5) is 11.4. The van der Waals surface area contributed by atoms with Crippen LogP contribution in [0.2, 0.25) is 0 Å². The van der Waals surface area contributed by atoms with E-state index in [1.165, 1.54) is 12.8 Å². The van der Waals surface area contributed by atoms with Gasteiger partial charge in [-0.15, -0.1) is 0 Å². The maximum absolute atomic E-state index is 5.51. The fourth-order valence-electron chi connectivity index (χ4n) is 2.59. The van der Waals surface area contributed by atoms with E-state index in [2.05, 4.69) is 30.8 Å². The lowest BCUT2D eigenvalue weighted by molar-refractivity contribution is 0.501. The summed E-state index contributed by atoms with van der Waals surface area (Å²) in [5.74, 6) is 0.976. The second-order valence-electron chi connectivity index (χ2n) is 5.29. The quantitative estimate of drug-likeness (QED) is 0.713. The van der Waals surface area contributed by atoms with Crippen LogP contribution < -0.4 is 4.90 Å². The minimum atomic E-state index is 0.575. The monoisotopic (exact) mass is 343 g/mol. The van der Waals surface area contributed by atoms with E-state index in [-0.39, 0.29) is 0 Å². The van der Waals surface area contributed by atoms with Crippen molar-refractivity contribution >= 4 is 32.7 Å². The lowest BCUT2D eigenvalue weighted by Gasteiger charge is -2.24. The number of hydrogen-bond donors (Lipinski definition) is 0. The Balaban J connectivity index is 1.78. The zero-order chi connectivity index (χ0) is 14.2. The van der Waals surface area contributed by atoms with Gasteiger partial charge in [-0.05, 0) is 53.0 Å². The zero-order valence-corrected chi connectivity index (χ0v) is 13.0. The molecular formula is C16H14BrN3O. The number of nitrogens with zero attached hydrogens (tertiary/aromatic N) is 3. The predicted octanol–water partition coefficient (Wildman–Crippen LogP) is 4.15. The van der Waals surface area contributed by atoms with Crippen LogP contribution in [0.4, 0.5) is 5.69 Å². The van der Waals surface area contributed by atoms with Crippen LogP contribution in [-0.4, -0.2) is 16.0 Å². The van der Waals surface area contributed by atoms with Gasteiger partial charge in [0.15, 0.2) is 0 Å². The minimum Gasteiger partial charge on any atom is -0.467 e. The first-order valence-electron chi connectivity index (χ1n) is 7.00. The van der Waals surface area contributed by atoms with Crippen molar-refractivity contribution in [1.82, 2.24) is 9.97 Å². The molecule has 4 nitrogen and oxygen atoms in total. The Bertz CT molecular complexity index is 768. The fraction of sp³-hybridized carbons (Fsp3) is 0.250. The Morgan fingerprint density at radius 2 is 2.19 bits per heavy atom. The summed E-state index contributed by atoms with van der Waals surface area (Å²) < 4.78 is 6.46. The lowest BCUT2D eigenvalue weighted by atomic mass is 10.2. The highest BCUT2D eigenvalue weighted by Gasteiger charge is 2.31. The summed E-state index contributed by atoms with van der Waals surface area (Å²) in [6, 6.07) is 8.57. The van der Waals surface area contributed by atoms with Gasteiger partial charge in [-0.2, -0.15) is 0 Å². The van der Waals surface area contributed by atoms with Gasteiger partial charge in [-0.3, -0.25) is 9.97 Å². The Labute approximate surface area is 130 Å². The van der Waals surface area contributed by atoms with Crippen molar-refractivity contribution in [3.05, 3.63) is 53.2 Å². The van der Waals surface area contributed by atoms with Crippen LogP contribution in [0.3, 0.4) is 0 Å². The number of rotatable bonds is 4. The molecule has 0 spiro atoms. The molecule has 0 radical (unpaired) electrons. The number of hydrogen-bond acceptors (Lipinski definition) is 4. The Morgan fingerprint density at radius 3 is 2.95 bits per heavy atom. The van der Waals surface area contributed by atoms with E-state index in [1.54, 1.807) is 6.26 Å². The highest BCUT2D eigenvalue weighted by molar-refractivity contribution is 9.10. The van der Waals surface area contributed by atoms with Gasteiger partial charge < -0.3 is 9.32 Å². The summed E-state index contributed by atoms with van der Waals surface area (Å²) >= 11 is 3.45. The van der Waals surface area contributed by atoms with Gasteiger partial charge in [-0.1, -0.05) is 0 Å². The lowest BCUT2D eigenvalue weighted by Crippen LogP contribution is -2.25. The van der Waals surface area contributed by atoms with E-state index in [0.717, 1.165) is 33.5 Å². The molecule has 1 saturated carbocycles. The number of pyridine rings is 2. The highest BCUT2D eigenvalue weighted by Crippen LogP contribution is 2.36. The van der Waals surface area contributed by atoms with Crippen molar-refractivity contribution < 1.29 is 4.42 Å². The van der Waals surface area contributed by atoms with Crippen LogP contribution in [-0.2, 0) is 6.54 Å². The third-order valence-corrected chi connectivity index (χ3v) is 4.16. The van der Waals surface area contributed by atoms with Crippen LogP contribution in [0, 0.1) is 0 Å². The van der Waals surface area contributed by atoms with Crippen LogP contribution in [0.15, 0.2) is 51.8 Å². The van der Waals surface area contributed by atoms with Gasteiger partial charge in [0.2, 0.25) is 0 Å². The van der Waals surface area contributed by atoms with E-state index in [4.69, 9.17) is 4.42 Å². The fourth-order valence-corrected chi connectivity index (χ4v) is 2.91. The second kappa shape index (κ2) is 5.15. The first-order valence-corrected chi connectivity index (χ1v) is 7.80. The molecule has 0 bridgehead atoms. The molecule has 21 heavy (non-hydrogen) atoms. The molecule has 0 unspecified atom stereocenters. The van der Waals surface area contributed by atoms with Gasteiger partial charge >= 0.3 is 0 Å². The maximum Gasteiger partial charge on any atom is 0.123 e. The van der Waals surface area contributed by atoms with E-state index in [9.17, 15) is 0 Å². The molecule has 1 aliphatic rings. The van der Waals surface area contributed by atoms with E-state index in [0.29, 0.717) is 6.04 Å². The minimum absolute atomic E-state index is 0.575. The normalized spacial score (nSPS) is 14.5. The van der Waals surface area contributed by atoms with E-state index in [1.807, 2.05) is 36.7 Å². The summed E-state index contributed by atoms with van der Waals surface area (Å²) in [5, 5.41) is 0. The molecule has 4 rings (SSSR count). The largest absolute Gasteiger partial charge is 0.467 e. The predicted molar refractivity (Wildman–Crippen MR) is 85.2 cm³/mol. The number of anilines is 1. The molecule has 0 amide bonds. The molecule has 1 aliphatic carbocycles. The van der Waals surface area contributed by atoms with Gasteiger partial charge in [0.1, 0.15) is 11.3 Å². The average Bonchev–Trinajstić information content (AvgIpc) is 3.21. The molecule has 1 fully saturated rings. The first-order chi connectivity index (χ1) is 10.3. The summed E-state index contributed by atoms with van der Waals surface area (Å²) in [6.07, 6.45) is 7.84. The number of aromatic nitrogens is 2. The Kier molecular flexibility index (Phi) is 3.15. The third-order valence-electron chi connectivity index (χ3n) is 3.73. The first kappa shape index (κ1) is 12.8.